The zero-order chi connectivity index (χ0) is 14.5. The van der Waals surface area contributed by atoms with E-state index in [1.54, 1.807) is 44.2 Å². The van der Waals surface area contributed by atoms with Gasteiger partial charge in [-0.2, -0.15) is 0 Å². The molecule has 1 N–H and O–H groups in total. The summed E-state index contributed by atoms with van der Waals surface area (Å²) in [6.45, 7) is 3.75. The molecule has 0 unspecified atom stereocenters. The molecule has 0 radical (unpaired) electrons. The number of benzene rings is 1. The number of carbonyl (C=O) groups is 1. The fourth-order valence-electron chi connectivity index (χ4n) is 1.84. The Kier molecular flexibility index (Phi) is 4.11. The van der Waals surface area contributed by atoms with Crippen LogP contribution in [0, 0.1) is 26.2 Å². The summed E-state index contributed by atoms with van der Waals surface area (Å²) < 4.78 is 10.6. The highest BCUT2D eigenvalue weighted by molar-refractivity contribution is 6.05. The van der Waals surface area contributed by atoms with E-state index in [1.807, 2.05) is 0 Å². The minimum atomic E-state index is -0.214. The molecule has 0 bridgehead atoms. The fourth-order valence-corrected chi connectivity index (χ4v) is 1.84. The van der Waals surface area contributed by atoms with E-state index in [0.717, 1.165) is 0 Å². The number of aryl methyl sites for hydroxylation is 2. The Bertz CT molecular complexity index is 665. The van der Waals surface area contributed by atoms with E-state index in [2.05, 4.69) is 11.2 Å². The van der Waals surface area contributed by atoms with Gasteiger partial charge in [0.25, 0.3) is 5.91 Å². The first-order chi connectivity index (χ1) is 9.60. The number of carbonyl (C=O) groups excluding carboxylic acids is 1. The molecule has 2 rings (SSSR count). The molecule has 1 heterocycles. The molecule has 0 aliphatic heterocycles. The molecule has 102 valence electrons. The normalized spacial score (nSPS) is 9.85. The molecule has 0 spiro atoms. The highest BCUT2D eigenvalue weighted by Gasteiger charge is 2.13. The maximum atomic E-state index is 12.1. The van der Waals surface area contributed by atoms with Crippen molar-refractivity contribution in [3.05, 3.63) is 47.4 Å². The first kappa shape index (κ1) is 13.8. The molecule has 0 saturated carbocycles. The molecule has 1 aromatic carbocycles. The van der Waals surface area contributed by atoms with Gasteiger partial charge in [0.1, 0.15) is 23.9 Å². The van der Waals surface area contributed by atoms with Crippen molar-refractivity contribution in [1.82, 2.24) is 0 Å². The lowest BCUT2D eigenvalue weighted by Gasteiger charge is -2.07. The molecular formula is C16H15NO3. The molecule has 4 heteroatoms. The minimum Gasteiger partial charge on any atom is -0.481 e. The van der Waals surface area contributed by atoms with Crippen molar-refractivity contribution in [1.29, 1.82) is 0 Å². The summed E-state index contributed by atoms with van der Waals surface area (Å²) in [5.41, 5.74) is 1.17. The molecule has 0 aliphatic carbocycles. The van der Waals surface area contributed by atoms with Crippen LogP contribution in [0.15, 0.2) is 34.7 Å². The van der Waals surface area contributed by atoms with Gasteiger partial charge in [0.05, 0.1) is 5.56 Å². The Morgan fingerprint density at radius 1 is 1.40 bits per heavy atom. The summed E-state index contributed by atoms with van der Waals surface area (Å²) in [6.07, 6.45) is 5.13. The SMILES string of the molecule is C#CCOc1cccc(NC(=O)c2cc(C)oc2C)c1. The van der Waals surface area contributed by atoms with Crippen molar-refractivity contribution in [3.8, 4) is 18.1 Å². The van der Waals surface area contributed by atoms with Crippen molar-refractivity contribution in [2.75, 3.05) is 11.9 Å². The predicted octanol–water partition coefficient (Wildman–Crippen LogP) is 3.16. The Labute approximate surface area is 117 Å². The average molecular weight is 269 g/mol. The van der Waals surface area contributed by atoms with Crippen LogP contribution in [-0.4, -0.2) is 12.5 Å². The Hall–Kier alpha value is -2.67. The van der Waals surface area contributed by atoms with Gasteiger partial charge in [0, 0.05) is 11.8 Å². The predicted molar refractivity (Wildman–Crippen MR) is 76.9 cm³/mol. The van der Waals surface area contributed by atoms with Crippen molar-refractivity contribution < 1.29 is 13.9 Å². The van der Waals surface area contributed by atoms with Gasteiger partial charge in [-0.15, -0.1) is 6.42 Å². The van der Waals surface area contributed by atoms with Crippen LogP contribution in [0.1, 0.15) is 21.9 Å². The van der Waals surface area contributed by atoms with Gasteiger partial charge in [-0.3, -0.25) is 4.79 Å². The number of hydrogen-bond donors (Lipinski definition) is 1. The van der Waals surface area contributed by atoms with Gasteiger partial charge in [-0.25, -0.2) is 0 Å². The highest BCUT2D eigenvalue weighted by atomic mass is 16.5. The molecular weight excluding hydrogens is 254 g/mol. The van der Waals surface area contributed by atoms with Crippen LogP contribution in [-0.2, 0) is 0 Å². The molecule has 0 fully saturated rings. The van der Waals surface area contributed by atoms with Crippen molar-refractivity contribution in [2.45, 2.75) is 13.8 Å². The second-order valence-electron chi connectivity index (χ2n) is 4.30. The van der Waals surface area contributed by atoms with Crippen molar-refractivity contribution in [2.24, 2.45) is 0 Å². The van der Waals surface area contributed by atoms with Gasteiger partial charge in [0.15, 0.2) is 0 Å². The third-order valence-corrected chi connectivity index (χ3v) is 2.70. The quantitative estimate of drug-likeness (QED) is 0.867. The van der Waals surface area contributed by atoms with Crippen LogP contribution in [0.4, 0.5) is 5.69 Å². The van der Waals surface area contributed by atoms with Crippen LogP contribution >= 0.6 is 0 Å². The third kappa shape index (κ3) is 3.21. The third-order valence-electron chi connectivity index (χ3n) is 2.70. The van der Waals surface area contributed by atoms with Crippen LogP contribution in [0.2, 0.25) is 0 Å². The monoisotopic (exact) mass is 269 g/mol. The maximum absolute atomic E-state index is 12.1. The number of ether oxygens (including phenoxy) is 1. The first-order valence-corrected chi connectivity index (χ1v) is 6.15. The van der Waals surface area contributed by atoms with E-state index >= 15 is 0 Å². The van der Waals surface area contributed by atoms with Gasteiger partial charge in [-0.1, -0.05) is 12.0 Å². The molecule has 4 nitrogen and oxygen atoms in total. The van der Waals surface area contributed by atoms with Crippen LogP contribution in [0.3, 0.4) is 0 Å². The van der Waals surface area contributed by atoms with Crippen molar-refractivity contribution >= 4 is 11.6 Å². The molecule has 1 amide bonds. The molecule has 0 aliphatic rings. The summed E-state index contributed by atoms with van der Waals surface area (Å²) >= 11 is 0. The van der Waals surface area contributed by atoms with E-state index in [0.29, 0.717) is 28.5 Å². The second kappa shape index (κ2) is 5.98. The zero-order valence-corrected chi connectivity index (χ0v) is 11.4. The number of terminal acetylenes is 1. The summed E-state index contributed by atoms with van der Waals surface area (Å²) in [5, 5.41) is 2.80. The van der Waals surface area contributed by atoms with E-state index < -0.39 is 0 Å². The minimum absolute atomic E-state index is 0.192. The van der Waals surface area contributed by atoms with Gasteiger partial charge in [-0.05, 0) is 32.0 Å². The lowest BCUT2D eigenvalue weighted by Crippen LogP contribution is -2.12. The lowest BCUT2D eigenvalue weighted by atomic mass is 10.2. The standard InChI is InChI=1S/C16H15NO3/c1-4-8-19-14-7-5-6-13(10-14)17-16(18)15-9-11(2)20-12(15)3/h1,5-7,9-10H,8H2,2-3H3,(H,17,18). The summed E-state index contributed by atoms with van der Waals surface area (Å²) in [5.74, 6) is 4.09. The zero-order valence-electron chi connectivity index (χ0n) is 11.4. The van der Waals surface area contributed by atoms with E-state index in [4.69, 9.17) is 15.6 Å². The fraction of sp³-hybridized carbons (Fsp3) is 0.188. The Morgan fingerprint density at radius 2 is 2.20 bits per heavy atom. The molecule has 2 aromatic rings. The lowest BCUT2D eigenvalue weighted by molar-refractivity contribution is 0.102. The molecule has 1 aromatic heterocycles. The smallest absolute Gasteiger partial charge is 0.259 e. The van der Waals surface area contributed by atoms with Crippen LogP contribution < -0.4 is 10.1 Å². The van der Waals surface area contributed by atoms with E-state index in [-0.39, 0.29) is 12.5 Å². The number of furan rings is 1. The second-order valence-corrected chi connectivity index (χ2v) is 4.30. The number of rotatable bonds is 4. The summed E-state index contributed by atoms with van der Waals surface area (Å²) in [6, 6.07) is 8.78. The number of anilines is 1. The number of hydrogen-bond acceptors (Lipinski definition) is 3. The van der Waals surface area contributed by atoms with Gasteiger partial charge in [0.2, 0.25) is 0 Å². The van der Waals surface area contributed by atoms with Gasteiger partial charge >= 0.3 is 0 Å². The number of amides is 1. The van der Waals surface area contributed by atoms with Crippen molar-refractivity contribution in [3.63, 3.8) is 0 Å². The maximum Gasteiger partial charge on any atom is 0.259 e. The topological polar surface area (TPSA) is 51.5 Å². The van der Waals surface area contributed by atoms with E-state index in [1.165, 1.54) is 0 Å². The average Bonchev–Trinajstić information content (AvgIpc) is 2.76. The molecule has 0 atom stereocenters. The molecule has 20 heavy (non-hydrogen) atoms. The van der Waals surface area contributed by atoms with Crippen LogP contribution in [0.25, 0.3) is 0 Å². The largest absolute Gasteiger partial charge is 0.481 e. The highest BCUT2D eigenvalue weighted by Crippen LogP contribution is 2.20. The van der Waals surface area contributed by atoms with Gasteiger partial charge < -0.3 is 14.5 Å². The molecule has 0 saturated heterocycles. The Balaban J connectivity index is 2.12. The van der Waals surface area contributed by atoms with E-state index in [9.17, 15) is 4.79 Å². The first-order valence-electron chi connectivity index (χ1n) is 6.15. The van der Waals surface area contributed by atoms with Crippen LogP contribution in [0.5, 0.6) is 5.75 Å². The Morgan fingerprint density at radius 3 is 2.85 bits per heavy atom. The summed E-state index contributed by atoms with van der Waals surface area (Å²) in [7, 11) is 0. The summed E-state index contributed by atoms with van der Waals surface area (Å²) in [4.78, 5) is 12.1. The number of nitrogens with one attached hydrogen (secondary N) is 1.